The lowest BCUT2D eigenvalue weighted by atomic mass is 10.1. The second kappa shape index (κ2) is 7.61. The maximum absolute atomic E-state index is 12.6. The summed E-state index contributed by atoms with van der Waals surface area (Å²) in [5, 5.41) is 19.8. The van der Waals surface area contributed by atoms with Crippen LogP contribution in [0.25, 0.3) is 0 Å². The molecule has 0 aliphatic heterocycles. The zero-order valence-corrected chi connectivity index (χ0v) is 13.6. The summed E-state index contributed by atoms with van der Waals surface area (Å²) in [4.78, 5) is 15.3. The van der Waals surface area contributed by atoms with Gasteiger partial charge in [0.05, 0.1) is 5.56 Å². The van der Waals surface area contributed by atoms with Gasteiger partial charge in [-0.3, -0.25) is 0 Å². The molecule has 2 atom stereocenters. The minimum Gasteiger partial charge on any atom is -0.475 e. The van der Waals surface area contributed by atoms with Crippen LogP contribution in [-0.2, 0) is 11.0 Å². The number of carbonyl (C=O) groups is 1. The van der Waals surface area contributed by atoms with Gasteiger partial charge in [0.25, 0.3) is 0 Å². The van der Waals surface area contributed by atoms with Gasteiger partial charge in [-0.2, -0.15) is 13.2 Å². The summed E-state index contributed by atoms with van der Waals surface area (Å²) in [5.41, 5.74) is -1.02. The molecule has 1 aromatic heterocycles. The van der Waals surface area contributed by atoms with E-state index in [1.807, 2.05) is 0 Å². The molecular weight excluding hydrogens is 355 g/mol. The van der Waals surface area contributed by atoms with Crippen molar-refractivity contribution in [1.29, 1.82) is 0 Å². The molecule has 140 valence electrons. The quantitative estimate of drug-likeness (QED) is 0.727. The second-order valence-corrected chi connectivity index (χ2v) is 5.30. The summed E-state index contributed by atoms with van der Waals surface area (Å²) >= 11 is 0. The van der Waals surface area contributed by atoms with E-state index in [2.05, 4.69) is 4.98 Å². The van der Waals surface area contributed by atoms with Gasteiger partial charge in [0.1, 0.15) is 11.9 Å². The lowest BCUT2D eigenvalue weighted by Crippen LogP contribution is -2.59. The Morgan fingerprint density at radius 3 is 2.27 bits per heavy atom. The highest BCUT2D eigenvalue weighted by Gasteiger charge is 2.51. The molecule has 0 spiro atoms. The van der Waals surface area contributed by atoms with Crippen LogP contribution in [0, 0.1) is 0 Å². The molecule has 0 fully saturated rings. The third-order valence-corrected chi connectivity index (χ3v) is 3.46. The van der Waals surface area contributed by atoms with Gasteiger partial charge < -0.3 is 19.7 Å². The molecule has 0 aliphatic rings. The Morgan fingerprint density at radius 2 is 1.81 bits per heavy atom. The van der Waals surface area contributed by atoms with Crippen LogP contribution in [0.1, 0.15) is 18.9 Å². The van der Waals surface area contributed by atoms with E-state index in [-0.39, 0.29) is 12.2 Å². The van der Waals surface area contributed by atoms with Crippen molar-refractivity contribution in [3.8, 4) is 11.6 Å². The molecule has 0 bridgehead atoms. The molecule has 2 rings (SSSR count). The van der Waals surface area contributed by atoms with E-state index in [0.717, 1.165) is 6.07 Å². The Kier molecular flexibility index (Phi) is 5.71. The number of carboxylic acids is 1. The van der Waals surface area contributed by atoms with Crippen LogP contribution in [0.4, 0.5) is 13.2 Å². The molecule has 6 nitrogen and oxygen atoms in total. The van der Waals surface area contributed by atoms with Gasteiger partial charge in [0.2, 0.25) is 5.88 Å². The van der Waals surface area contributed by atoms with Crippen molar-refractivity contribution in [2.24, 2.45) is 0 Å². The number of nitrogens with zero attached hydrogens (tertiary/aromatic N) is 1. The zero-order valence-electron chi connectivity index (χ0n) is 13.6. The maximum atomic E-state index is 12.6. The summed E-state index contributed by atoms with van der Waals surface area (Å²) in [6.45, 7) is 1.50. The summed E-state index contributed by atoms with van der Waals surface area (Å²) in [6, 6.07) is 9.28. The number of hydrogen-bond donors (Lipinski definition) is 2. The monoisotopic (exact) mass is 371 g/mol. The molecule has 2 unspecified atom stereocenters. The van der Waals surface area contributed by atoms with Gasteiger partial charge in [0, 0.05) is 12.3 Å². The highest BCUT2D eigenvalue weighted by atomic mass is 19.4. The molecule has 0 amide bonds. The van der Waals surface area contributed by atoms with Crippen molar-refractivity contribution in [2.45, 2.75) is 31.4 Å². The average molecular weight is 371 g/mol. The minimum atomic E-state index is -4.60. The van der Waals surface area contributed by atoms with E-state index >= 15 is 0 Å². The normalized spacial score (nSPS) is 15.0. The number of para-hydroxylation sites is 1. The third-order valence-electron chi connectivity index (χ3n) is 3.46. The summed E-state index contributed by atoms with van der Waals surface area (Å²) in [5.74, 6) is -4.58. The molecule has 0 radical (unpaired) electrons. The molecule has 9 heteroatoms. The summed E-state index contributed by atoms with van der Waals surface area (Å²) in [7, 11) is 0. The Bertz CT molecular complexity index is 736. The Balaban J connectivity index is 2.38. The number of halogens is 3. The lowest BCUT2D eigenvalue weighted by Gasteiger charge is -2.33. The first-order chi connectivity index (χ1) is 12.2. The fourth-order valence-electron chi connectivity index (χ4n) is 2.08. The van der Waals surface area contributed by atoms with Gasteiger partial charge >= 0.3 is 17.9 Å². The Labute approximate surface area is 146 Å². The van der Waals surface area contributed by atoms with Crippen LogP contribution in [0.15, 0.2) is 48.7 Å². The van der Waals surface area contributed by atoms with E-state index in [0.29, 0.717) is 12.3 Å². The topological polar surface area (TPSA) is 88.9 Å². The molecule has 2 aromatic rings. The molecule has 0 saturated carbocycles. The zero-order chi connectivity index (χ0) is 19.4. The van der Waals surface area contributed by atoms with Crippen LogP contribution in [0.3, 0.4) is 0 Å². The number of benzene rings is 1. The largest absolute Gasteiger partial charge is 0.475 e. The lowest BCUT2D eigenvalue weighted by molar-refractivity contribution is -0.214. The van der Waals surface area contributed by atoms with Crippen molar-refractivity contribution in [3.63, 3.8) is 0 Å². The smallest absolute Gasteiger partial charge is 0.417 e. The first-order valence-electron chi connectivity index (χ1n) is 7.57. The van der Waals surface area contributed by atoms with E-state index < -0.39 is 35.5 Å². The number of pyridine rings is 1. The molecule has 1 heterocycles. The number of aliphatic hydroxyl groups is 1. The van der Waals surface area contributed by atoms with E-state index in [4.69, 9.17) is 9.47 Å². The Hall–Kier alpha value is -2.81. The van der Waals surface area contributed by atoms with E-state index in [1.165, 1.54) is 19.1 Å². The minimum absolute atomic E-state index is 0.0558. The van der Waals surface area contributed by atoms with Gasteiger partial charge in [-0.1, -0.05) is 25.1 Å². The highest BCUT2D eigenvalue weighted by molar-refractivity contribution is 5.77. The molecule has 2 N–H and O–H groups in total. The first kappa shape index (κ1) is 19.5. The van der Waals surface area contributed by atoms with E-state index in [1.54, 1.807) is 18.2 Å². The van der Waals surface area contributed by atoms with Crippen LogP contribution >= 0.6 is 0 Å². The third kappa shape index (κ3) is 4.23. The van der Waals surface area contributed by atoms with E-state index in [9.17, 15) is 28.2 Å². The SMILES string of the molecule is CCC(O)C(Oc1ccccc1)(Oc1ccc(C(F)(F)F)cn1)C(=O)O. The van der Waals surface area contributed by atoms with Crippen molar-refractivity contribution in [2.75, 3.05) is 0 Å². The van der Waals surface area contributed by atoms with Crippen LogP contribution < -0.4 is 9.47 Å². The fourth-order valence-corrected chi connectivity index (χ4v) is 2.08. The van der Waals surface area contributed by atoms with Crippen molar-refractivity contribution in [3.05, 3.63) is 54.2 Å². The first-order valence-corrected chi connectivity index (χ1v) is 7.57. The number of aromatic nitrogens is 1. The van der Waals surface area contributed by atoms with Crippen LogP contribution in [0.2, 0.25) is 0 Å². The number of carboxylic acid groups (broad SMARTS) is 1. The number of alkyl halides is 3. The molecule has 1 aromatic carbocycles. The predicted octanol–water partition coefficient (Wildman–Crippen LogP) is 3.11. The molecule has 26 heavy (non-hydrogen) atoms. The summed E-state index contributed by atoms with van der Waals surface area (Å²) in [6.07, 6.45) is -5.77. The second-order valence-electron chi connectivity index (χ2n) is 5.30. The number of rotatable bonds is 7. The summed E-state index contributed by atoms with van der Waals surface area (Å²) < 4.78 is 48.5. The number of ether oxygens (including phenoxy) is 2. The molecule has 0 saturated heterocycles. The Morgan fingerprint density at radius 1 is 1.15 bits per heavy atom. The van der Waals surface area contributed by atoms with Gasteiger partial charge in [-0.05, 0) is 24.6 Å². The van der Waals surface area contributed by atoms with Crippen molar-refractivity contribution < 1.29 is 37.7 Å². The van der Waals surface area contributed by atoms with Gasteiger partial charge in [-0.15, -0.1) is 0 Å². The van der Waals surface area contributed by atoms with Crippen LogP contribution in [0.5, 0.6) is 11.6 Å². The fraction of sp³-hybridized carbons (Fsp3) is 0.294. The maximum Gasteiger partial charge on any atom is 0.417 e. The highest BCUT2D eigenvalue weighted by Crippen LogP contribution is 2.31. The van der Waals surface area contributed by atoms with Gasteiger partial charge in [-0.25, -0.2) is 9.78 Å². The van der Waals surface area contributed by atoms with Crippen molar-refractivity contribution >= 4 is 5.97 Å². The molecule has 0 aliphatic carbocycles. The average Bonchev–Trinajstić information content (AvgIpc) is 2.60. The number of aliphatic carboxylic acids is 1. The van der Waals surface area contributed by atoms with Gasteiger partial charge in [0.15, 0.2) is 0 Å². The number of aliphatic hydroxyl groups excluding tert-OH is 1. The van der Waals surface area contributed by atoms with Crippen molar-refractivity contribution in [1.82, 2.24) is 4.98 Å². The predicted molar refractivity (Wildman–Crippen MR) is 83.6 cm³/mol. The standard InChI is InChI=1S/C17H16F3NO5/c1-2-13(22)16(15(23)24,25-12-6-4-3-5-7-12)26-14-9-8-11(10-21-14)17(18,19)20/h3-10,13,22H,2H2,1H3,(H,23,24). The van der Waals surface area contributed by atoms with Crippen LogP contribution in [-0.4, -0.2) is 33.1 Å². The number of hydrogen-bond acceptors (Lipinski definition) is 5. The molecular formula is C17H16F3NO5.